The number of carbonyl (C=O) groups excluding carboxylic acids is 1. The summed E-state index contributed by atoms with van der Waals surface area (Å²) in [6.45, 7) is 7.12. The average Bonchev–Trinajstić information content (AvgIpc) is 3.01. The Hall–Kier alpha value is -0.980. The number of thioether (sulfide) groups is 1. The van der Waals surface area contributed by atoms with Crippen LogP contribution in [0.4, 0.5) is 0 Å². The van der Waals surface area contributed by atoms with Crippen LogP contribution in [0.15, 0.2) is 30.3 Å². The maximum atomic E-state index is 12.3. The van der Waals surface area contributed by atoms with Gasteiger partial charge in [0.1, 0.15) is 6.61 Å². The van der Waals surface area contributed by atoms with Crippen LogP contribution in [0.2, 0.25) is 0 Å². The van der Waals surface area contributed by atoms with Gasteiger partial charge in [-0.3, -0.25) is 4.57 Å². The van der Waals surface area contributed by atoms with Crippen molar-refractivity contribution in [1.82, 2.24) is 0 Å². The van der Waals surface area contributed by atoms with Crippen LogP contribution in [0.1, 0.15) is 135 Å². The smallest absolute Gasteiger partial charge is 0.380 e. The minimum Gasteiger partial charge on any atom is -0.456 e. The molecule has 1 aromatic rings. The Morgan fingerprint density at radius 1 is 0.833 bits per heavy atom. The number of ether oxygens (including phenoxy) is 3. The molecule has 0 saturated heterocycles. The predicted octanol–water partition coefficient (Wildman–Crippen LogP) is 9.86. The molecule has 1 rings (SSSR count). The maximum Gasteiger partial charge on any atom is 0.380 e. The first-order valence-electron chi connectivity index (χ1n) is 16.6. The van der Waals surface area contributed by atoms with Gasteiger partial charge < -0.3 is 19.3 Å². The molecule has 0 aliphatic rings. The monoisotopic (exact) mass is 626 g/mol. The highest BCUT2D eigenvalue weighted by Gasteiger charge is 2.41. The fraction of sp³-hybridized carbons (Fsp3) is 0.794. The predicted molar refractivity (Wildman–Crippen MR) is 176 cm³/mol. The van der Waals surface area contributed by atoms with Crippen molar-refractivity contribution < 1.29 is 28.7 Å². The summed E-state index contributed by atoms with van der Waals surface area (Å²) in [5, 5.41) is 10.8. The topological polar surface area (TPSA) is 82.1 Å². The highest BCUT2D eigenvalue weighted by molar-refractivity contribution is 7.99. The zero-order chi connectivity index (χ0) is 30.7. The van der Waals surface area contributed by atoms with Gasteiger partial charge in [-0.1, -0.05) is 134 Å². The van der Waals surface area contributed by atoms with Crippen LogP contribution in [-0.4, -0.2) is 46.9 Å². The number of carbonyl (C=O) groups is 1. The number of esters is 1. The van der Waals surface area contributed by atoms with Crippen LogP contribution in [-0.2, 0) is 30.2 Å². The first kappa shape index (κ1) is 39.0. The Morgan fingerprint density at radius 2 is 1.40 bits per heavy atom. The summed E-state index contributed by atoms with van der Waals surface area (Å²) in [4.78, 5) is 12.3. The molecule has 0 saturated carbocycles. The molecule has 0 bridgehead atoms. The molecular weight excluding hydrogens is 567 g/mol. The molecule has 42 heavy (non-hydrogen) atoms. The van der Waals surface area contributed by atoms with Crippen LogP contribution < -0.4 is 0 Å². The molecule has 0 heterocycles. The first-order chi connectivity index (χ1) is 20.5. The fourth-order valence-corrected chi connectivity index (χ4v) is 6.46. The molecule has 0 spiro atoms. The van der Waals surface area contributed by atoms with Gasteiger partial charge in [-0.2, -0.15) is 11.8 Å². The summed E-state index contributed by atoms with van der Waals surface area (Å²) in [6.07, 6.45) is 21.6. The normalized spacial score (nSPS) is 14.5. The number of aliphatic hydroxyl groups is 1. The van der Waals surface area contributed by atoms with Crippen LogP contribution in [0.3, 0.4) is 0 Å². The van der Waals surface area contributed by atoms with Gasteiger partial charge >= 0.3 is 11.5 Å². The van der Waals surface area contributed by atoms with E-state index >= 15 is 0 Å². The molecule has 3 atom stereocenters. The van der Waals surface area contributed by atoms with Crippen molar-refractivity contribution in [3.8, 4) is 0 Å². The maximum absolute atomic E-state index is 12.3. The van der Waals surface area contributed by atoms with Crippen molar-refractivity contribution in [3.63, 3.8) is 0 Å². The summed E-state index contributed by atoms with van der Waals surface area (Å²) < 4.78 is 28.1. The molecule has 0 aromatic heterocycles. The van der Waals surface area contributed by atoms with E-state index in [1.54, 1.807) is 12.1 Å². The van der Waals surface area contributed by atoms with Gasteiger partial charge in [-0.05, 0) is 37.5 Å². The van der Waals surface area contributed by atoms with Crippen LogP contribution in [0, 0.1) is 0 Å². The lowest BCUT2D eigenvalue weighted by Gasteiger charge is -2.24. The van der Waals surface area contributed by atoms with Gasteiger partial charge in [-0.15, -0.1) is 0 Å². The standard InChI is InChI=1S/C34H59O6PS/c1-4-6-8-10-12-13-14-16-21-28-42-32(25-20-15-11-9-7-5-2)30(3)38-26-22-27-40-34(36,41-37)33(35)39-29-31-23-18-17-19-24-31/h17-19,23-24,30,32,36H,4-16,20-22,25-29H2,1-3H3. The van der Waals surface area contributed by atoms with E-state index in [-0.39, 0.29) is 19.3 Å². The lowest BCUT2D eigenvalue weighted by molar-refractivity contribution is -0.197. The average molecular weight is 627 g/mol. The van der Waals surface area contributed by atoms with Crippen LogP contribution in [0.25, 0.3) is 0 Å². The van der Waals surface area contributed by atoms with Crippen molar-refractivity contribution in [2.45, 2.75) is 153 Å². The molecule has 0 aliphatic carbocycles. The zero-order valence-corrected chi connectivity index (χ0v) is 28.4. The van der Waals surface area contributed by atoms with Gasteiger partial charge in [0.05, 0.1) is 12.7 Å². The Kier molecular flexibility index (Phi) is 24.6. The lowest BCUT2D eigenvalue weighted by Crippen LogP contribution is -2.37. The van der Waals surface area contributed by atoms with Crippen molar-refractivity contribution in [2.24, 2.45) is 0 Å². The molecule has 0 radical (unpaired) electrons. The summed E-state index contributed by atoms with van der Waals surface area (Å²) in [5.41, 5.74) is -1.74. The van der Waals surface area contributed by atoms with Crippen molar-refractivity contribution in [2.75, 3.05) is 19.0 Å². The summed E-state index contributed by atoms with van der Waals surface area (Å²) >= 11 is 2.05. The molecule has 0 fully saturated rings. The van der Waals surface area contributed by atoms with E-state index < -0.39 is 20.0 Å². The number of benzene rings is 1. The first-order valence-corrected chi connectivity index (χ1v) is 18.5. The van der Waals surface area contributed by atoms with E-state index in [1.807, 2.05) is 18.2 Å². The van der Waals surface area contributed by atoms with E-state index in [2.05, 4.69) is 32.5 Å². The van der Waals surface area contributed by atoms with Crippen molar-refractivity contribution in [3.05, 3.63) is 35.9 Å². The molecule has 3 unspecified atom stereocenters. The highest BCUT2D eigenvalue weighted by Crippen LogP contribution is 2.27. The van der Waals surface area contributed by atoms with Crippen molar-refractivity contribution >= 4 is 26.2 Å². The molecule has 1 aromatic carbocycles. The van der Waals surface area contributed by atoms with E-state index in [0.717, 1.165) is 12.0 Å². The molecular formula is C34H59O6PS. The second kappa shape index (κ2) is 26.4. The minimum atomic E-state index is -2.51. The third-order valence-corrected chi connectivity index (χ3v) is 9.65. The largest absolute Gasteiger partial charge is 0.456 e. The molecule has 242 valence electrons. The van der Waals surface area contributed by atoms with Gasteiger partial charge in [0.15, 0.2) is 0 Å². The second-order valence-corrected chi connectivity index (χ2v) is 13.5. The molecule has 8 heteroatoms. The Bertz CT molecular complexity index is 783. The number of hydrogen-bond acceptors (Lipinski definition) is 7. The second-order valence-electron chi connectivity index (χ2n) is 11.3. The Balaban J connectivity index is 2.36. The Labute approximate surface area is 262 Å². The van der Waals surface area contributed by atoms with Gasteiger partial charge in [0, 0.05) is 11.9 Å². The van der Waals surface area contributed by atoms with Gasteiger partial charge in [0.2, 0.25) is 8.46 Å². The number of unbranched alkanes of at least 4 members (excludes halogenated alkanes) is 13. The molecule has 0 amide bonds. The minimum absolute atomic E-state index is 0.0296. The summed E-state index contributed by atoms with van der Waals surface area (Å²) in [6, 6.07) is 9.11. The third kappa shape index (κ3) is 19.3. The van der Waals surface area contributed by atoms with E-state index in [9.17, 15) is 14.5 Å². The Morgan fingerprint density at radius 3 is 2.00 bits per heavy atom. The van der Waals surface area contributed by atoms with Crippen molar-refractivity contribution in [1.29, 1.82) is 0 Å². The molecule has 6 nitrogen and oxygen atoms in total. The van der Waals surface area contributed by atoms with Gasteiger partial charge in [-0.25, -0.2) is 4.79 Å². The van der Waals surface area contributed by atoms with E-state index in [4.69, 9.17) is 14.2 Å². The van der Waals surface area contributed by atoms with Crippen LogP contribution in [0.5, 0.6) is 0 Å². The van der Waals surface area contributed by atoms with Crippen LogP contribution >= 0.6 is 20.2 Å². The highest BCUT2D eigenvalue weighted by atomic mass is 32.2. The lowest BCUT2D eigenvalue weighted by atomic mass is 10.1. The van der Waals surface area contributed by atoms with Gasteiger partial charge in [0.25, 0.3) is 0 Å². The van der Waals surface area contributed by atoms with E-state index in [1.165, 1.54) is 102 Å². The van der Waals surface area contributed by atoms with E-state index in [0.29, 0.717) is 18.3 Å². The number of hydrogen-bond donors (Lipinski definition) is 1. The SMILES string of the molecule is CCCCCCCCCCCSC(CCCCCCCC)C(C)OCCCOC(O)(P=O)C(=O)OCc1ccccc1. The number of rotatable bonds is 29. The summed E-state index contributed by atoms with van der Waals surface area (Å²) in [5.74, 6) is 0.109. The fourth-order valence-electron chi connectivity index (χ4n) is 4.82. The quantitative estimate of drug-likeness (QED) is 0.0410. The summed E-state index contributed by atoms with van der Waals surface area (Å²) in [7, 11) is -0.850. The zero-order valence-electron chi connectivity index (χ0n) is 26.7. The molecule has 1 N–H and O–H groups in total. The molecule has 0 aliphatic heterocycles. The third-order valence-electron chi connectivity index (χ3n) is 7.52.